The molecule has 3 atom stereocenters. The minimum Gasteiger partial charge on any atom is -0.207 e. The molecule has 17 heavy (non-hydrogen) atoms. The third kappa shape index (κ3) is 2.41. The van der Waals surface area contributed by atoms with Gasteiger partial charge in [-0.05, 0) is 37.2 Å². The summed E-state index contributed by atoms with van der Waals surface area (Å²) in [7, 11) is 0. The van der Waals surface area contributed by atoms with E-state index in [1.54, 1.807) is 0 Å². The van der Waals surface area contributed by atoms with Gasteiger partial charge in [0.25, 0.3) is 5.92 Å². The van der Waals surface area contributed by atoms with E-state index in [0.29, 0.717) is 0 Å². The van der Waals surface area contributed by atoms with Crippen LogP contribution in [0.1, 0.15) is 31.2 Å². The zero-order chi connectivity index (χ0) is 12.5. The molecule has 1 saturated carbocycles. The highest BCUT2D eigenvalue weighted by atomic mass is 19.3. The Morgan fingerprint density at radius 1 is 1.29 bits per heavy atom. The molecule has 0 spiro atoms. The summed E-state index contributed by atoms with van der Waals surface area (Å²) in [5, 5.41) is 0. The lowest BCUT2D eigenvalue weighted by molar-refractivity contribution is -0.0620. The second-order valence-corrected chi connectivity index (χ2v) is 4.98. The fourth-order valence-corrected chi connectivity index (χ4v) is 2.83. The smallest absolute Gasteiger partial charge is 0.207 e. The monoisotopic (exact) mass is 236 g/mol. The number of benzene rings is 1. The summed E-state index contributed by atoms with van der Waals surface area (Å²) in [5.74, 6) is -3.07. The molecule has 0 heterocycles. The van der Waals surface area contributed by atoms with Crippen LogP contribution in [0.4, 0.5) is 8.78 Å². The molecule has 1 aliphatic rings. The summed E-state index contributed by atoms with van der Waals surface area (Å²) in [4.78, 5) is 0. The molecule has 92 valence electrons. The van der Waals surface area contributed by atoms with Crippen LogP contribution in [0.2, 0.25) is 0 Å². The summed E-state index contributed by atoms with van der Waals surface area (Å²) >= 11 is 0. The second kappa shape index (κ2) is 4.59. The molecule has 1 aliphatic carbocycles. The molecule has 1 aromatic rings. The number of halogens is 2. The normalized spacial score (nSPS) is 26.1. The van der Waals surface area contributed by atoms with Crippen molar-refractivity contribution in [2.45, 2.75) is 31.6 Å². The molecule has 3 unspecified atom stereocenters. The van der Waals surface area contributed by atoms with Gasteiger partial charge in [-0.25, -0.2) is 8.78 Å². The summed E-state index contributed by atoms with van der Waals surface area (Å²) in [5.41, 5.74) is 1.18. The van der Waals surface area contributed by atoms with Gasteiger partial charge in [-0.2, -0.15) is 0 Å². The molecule has 0 aromatic heterocycles. The van der Waals surface area contributed by atoms with Gasteiger partial charge in [-0.3, -0.25) is 0 Å². The molecule has 1 fully saturated rings. The van der Waals surface area contributed by atoms with Gasteiger partial charge in [0.15, 0.2) is 0 Å². The SMILES string of the molecule is C=CC(C1CCC1c1ccccc1)C(C)(F)F. The lowest BCUT2D eigenvalue weighted by atomic mass is 9.63. The Labute approximate surface area is 101 Å². The first-order chi connectivity index (χ1) is 8.04. The summed E-state index contributed by atoms with van der Waals surface area (Å²) in [6, 6.07) is 9.96. The highest BCUT2D eigenvalue weighted by molar-refractivity contribution is 5.24. The average Bonchev–Trinajstić information content (AvgIpc) is 2.23. The van der Waals surface area contributed by atoms with Crippen LogP contribution < -0.4 is 0 Å². The van der Waals surface area contributed by atoms with Crippen molar-refractivity contribution < 1.29 is 8.78 Å². The standard InChI is InChI=1S/C15H18F2/c1-3-14(15(2,16)17)13-10-9-12(13)11-7-5-4-6-8-11/h3-8,12-14H,1,9-10H2,2H3. The van der Waals surface area contributed by atoms with Crippen LogP contribution in [0.25, 0.3) is 0 Å². The highest BCUT2D eigenvalue weighted by Gasteiger charge is 2.45. The summed E-state index contributed by atoms with van der Waals surface area (Å²) in [6.45, 7) is 4.58. The molecule has 0 aliphatic heterocycles. The van der Waals surface area contributed by atoms with E-state index >= 15 is 0 Å². The lowest BCUT2D eigenvalue weighted by Crippen LogP contribution is -2.38. The molecule has 2 heteroatoms. The molecule has 0 amide bonds. The third-order valence-corrected chi connectivity index (χ3v) is 3.86. The van der Waals surface area contributed by atoms with Gasteiger partial charge in [0, 0.05) is 5.92 Å². The van der Waals surface area contributed by atoms with Crippen molar-refractivity contribution in [2.75, 3.05) is 0 Å². The Morgan fingerprint density at radius 2 is 1.94 bits per heavy atom. The van der Waals surface area contributed by atoms with Crippen molar-refractivity contribution in [1.82, 2.24) is 0 Å². The van der Waals surface area contributed by atoms with E-state index in [1.165, 1.54) is 11.6 Å². The number of rotatable bonds is 4. The molecular formula is C15H18F2. The molecule has 0 nitrogen and oxygen atoms in total. The molecule has 0 saturated heterocycles. The quantitative estimate of drug-likeness (QED) is 0.668. The first-order valence-corrected chi connectivity index (χ1v) is 6.09. The number of alkyl halides is 2. The van der Waals surface area contributed by atoms with Crippen LogP contribution in [0.5, 0.6) is 0 Å². The highest BCUT2D eigenvalue weighted by Crippen LogP contribution is 2.50. The van der Waals surface area contributed by atoms with Crippen LogP contribution >= 0.6 is 0 Å². The van der Waals surface area contributed by atoms with E-state index in [0.717, 1.165) is 19.8 Å². The fourth-order valence-electron chi connectivity index (χ4n) is 2.83. The Hall–Kier alpha value is -1.18. The van der Waals surface area contributed by atoms with E-state index in [9.17, 15) is 8.78 Å². The fraction of sp³-hybridized carbons (Fsp3) is 0.467. The number of hydrogen-bond acceptors (Lipinski definition) is 0. The first-order valence-electron chi connectivity index (χ1n) is 6.09. The van der Waals surface area contributed by atoms with Crippen molar-refractivity contribution in [1.29, 1.82) is 0 Å². The largest absolute Gasteiger partial charge is 0.251 e. The van der Waals surface area contributed by atoms with Gasteiger partial charge in [-0.1, -0.05) is 36.4 Å². The molecule has 0 radical (unpaired) electrons. The summed E-state index contributed by atoms with van der Waals surface area (Å²) in [6.07, 6.45) is 3.31. The van der Waals surface area contributed by atoms with E-state index < -0.39 is 11.8 Å². The molecule has 2 rings (SSSR count). The van der Waals surface area contributed by atoms with Crippen LogP contribution in [0.3, 0.4) is 0 Å². The maximum atomic E-state index is 13.5. The van der Waals surface area contributed by atoms with Gasteiger partial charge in [-0.15, -0.1) is 6.58 Å². The molecule has 0 bridgehead atoms. The molecular weight excluding hydrogens is 218 g/mol. The van der Waals surface area contributed by atoms with E-state index in [4.69, 9.17) is 0 Å². The van der Waals surface area contributed by atoms with Gasteiger partial charge in [0.1, 0.15) is 0 Å². The van der Waals surface area contributed by atoms with Crippen molar-refractivity contribution in [2.24, 2.45) is 11.8 Å². The zero-order valence-corrected chi connectivity index (χ0v) is 10.1. The van der Waals surface area contributed by atoms with E-state index in [-0.39, 0.29) is 11.8 Å². The number of hydrogen-bond donors (Lipinski definition) is 0. The Bertz CT molecular complexity index is 378. The van der Waals surface area contributed by atoms with Crippen molar-refractivity contribution in [3.8, 4) is 0 Å². The van der Waals surface area contributed by atoms with Crippen molar-refractivity contribution in [3.63, 3.8) is 0 Å². The van der Waals surface area contributed by atoms with E-state index in [2.05, 4.69) is 6.58 Å². The zero-order valence-electron chi connectivity index (χ0n) is 10.1. The lowest BCUT2D eigenvalue weighted by Gasteiger charge is -2.43. The third-order valence-electron chi connectivity index (χ3n) is 3.86. The Balaban J connectivity index is 2.16. The maximum Gasteiger partial charge on any atom is 0.251 e. The predicted molar refractivity (Wildman–Crippen MR) is 66.2 cm³/mol. The second-order valence-electron chi connectivity index (χ2n) is 4.98. The van der Waals surface area contributed by atoms with Crippen LogP contribution in [0.15, 0.2) is 43.0 Å². The Kier molecular flexibility index (Phi) is 3.32. The van der Waals surface area contributed by atoms with Gasteiger partial charge < -0.3 is 0 Å². The topological polar surface area (TPSA) is 0 Å². The maximum absolute atomic E-state index is 13.5. The van der Waals surface area contributed by atoms with Gasteiger partial charge in [0.05, 0.1) is 0 Å². The average molecular weight is 236 g/mol. The van der Waals surface area contributed by atoms with Crippen molar-refractivity contribution in [3.05, 3.63) is 48.6 Å². The van der Waals surface area contributed by atoms with E-state index in [1.807, 2.05) is 30.3 Å². The van der Waals surface area contributed by atoms with Crippen LogP contribution in [-0.4, -0.2) is 5.92 Å². The van der Waals surface area contributed by atoms with Crippen LogP contribution in [0, 0.1) is 11.8 Å². The number of allylic oxidation sites excluding steroid dienone is 1. The van der Waals surface area contributed by atoms with Gasteiger partial charge in [0.2, 0.25) is 0 Å². The first kappa shape index (κ1) is 12.3. The minimum absolute atomic E-state index is 0.0369. The van der Waals surface area contributed by atoms with Gasteiger partial charge >= 0.3 is 0 Å². The predicted octanol–water partition coefficient (Wildman–Crippen LogP) is 4.64. The summed E-state index contributed by atoms with van der Waals surface area (Å²) < 4.78 is 27.0. The van der Waals surface area contributed by atoms with Crippen LogP contribution in [-0.2, 0) is 0 Å². The molecule has 0 N–H and O–H groups in total. The molecule has 1 aromatic carbocycles. The minimum atomic E-state index is -2.67. The Morgan fingerprint density at radius 3 is 2.35 bits per heavy atom. The van der Waals surface area contributed by atoms with Crippen molar-refractivity contribution >= 4 is 0 Å².